The van der Waals surface area contributed by atoms with Crippen LogP contribution in [0.1, 0.15) is 15.9 Å². The van der Waals surface area contributed by atoms with Crippen molar-refractivity contribution in [1.29, 1.82) is 0 Å². The molecule has 10 heteroatoms. The van der Waals surface area contributed by atoms with Crippen LogP contribution in [0.15, 0.2) is 72.9 Å². The summed E-state index contributed by atoms with van der Waals surface area (Å²) in [5.41, 5.74) is 9.19. The highest BCUT2D eigenvalue weighted by Gasteiger charge is 2.14. The molecule has 10 nitrogen and oxygen atoms in total. The Morgan fingerprint density at radius 2 is 1.62 bits per heavy atom. The van der Waals surface area contributed by atoms with Gasteiger partial charge in [-0.05, 0) is 35.9 Å². The Hall–Kier alpha value is -4.99. The van der Waals surface area contributed by atoms with Crippen LogP contribution in [0, 0.1) is 0 Å². The maximum atomic E-state index is 12.5. The minimum Gasteiger partial charge on any atom is -0.493 e. The van der Waals surface area contributed by atoms with E-state index in [1.165, 1.54) is 0 Å². The number of benzene rings is 3. The lowest BCUT2D eigenvalue weighted by atomic mass is 10.1. The number of amides is 1. The summed E-state index contributed by atoms with van der Waals surface area (Å²) in [6.07, 6.45) is 1.65. The highest BCUT2D eigenvalue weighted by Crippen LogP contribution is 2.40. The molecule has 5 N–H and O–H groups in total. The van der Waals surface area contributed by atoms with Gasteiger partial charge in [0.2, 0.25) is 11.7 Å². The van der Waals surface area contributed by atoms with E-state index in [9.17, 15) is 4.79 Å². The number of aromatic nitrogens is 2. The zero-order chi connectivity index (χ0) is 26.2. The molecule has 0 saturated carbocycles. The lowest BCUT2D eigenvalue weighted by molar-refractivity contribution is 0.102. The minimum absolute atomic E-state index is 0.230. The third-order valence-electron chi connectivity index (χ3n) is 5.47. The fraction of sp³-hybridized carbons (Fsp3) is 0.148. The number of methoxy groups -OCH3 is 3. The van der Waals surface area contributed by atoms with Gasteiger partial charge in [-0.25, -0.2) is 4.98 Å². The zero-order valence-corrected chi connectivity index (χ0v) is 20.7. The second-order valence-electron chi connectivity index (χ2n) is 7.90. The zero-order valence-electron chi connectivity index (χ0n) is 20.7. The number of hydrogen-bond donors (Lipinski definition) is 4. The summed E-state index contributed by atoms with van der Waals surface area (Å²) in [5, 5.41) is 9.25. The van der Waals surface area contributed by atoms with Gasteiger partial charge in [-0.1, -0.05) is 24.3 Å². The molecule has 1 amide bonds. The molecule has 0 bridgehead atoms. The van der Waals surface area contributed by atoms with Gasteiger partial charge in [0, 0.05) is 36.1 Å². The maximum absolute atomic E-state index is 12.5. The summed E-state index contributed by atoms with van der Waals surface area (Å²) in [5.74, 6) is 2.36. The number of nitrogen functional groups attached to an aromatic ring is 1. The highest BCUT2D eigenvalue weighted by molar-refractivity contribution is 6.05. The van der Waals surface area contributed by atoms with E-state index >= 15 is 0 Å². The van der Waals surface area contributed by atoms with Crippen molar-refractivity contribution in [3.63, 3.8) is 0 Å². The van der Waals surface area contributed by atoms with Crippen molar-refractivity contribution in [2.24, 2.45) is 0 Å². The van der Waals surface area contributed by atoms with Gasteiger partial charge in [0.25, 0.3) is 5.91 Å². The Bertz CT molecular complexity index is 1350. The van der Waals surface area contributed by atoms with E-state index in [4.69, 9.17) is 19.9 Å². The van der Waals surface area contributed by atoms with E-state index in [0.717, 1.165) is 5.56 Å². The number of para-hydroxylation sites is 2. The fourth-order valence-corrected chi connectivity index (χ4v) is 3.58. The molecular weight excluding hydrogens is 472 g/mol. The molecule has 3 aromatic carbocycles. The number of nitrogens with two attached hydrogens (primary N) is 1. The van der Waals surface area contributed by atoms with Gasteiger partial charge in [-0.15, -0.1) is 0 Å². The molecule has 0 fully saturated rings. The largest absolute Gasteiger partial charge is 0.493 e. The molecule has 0 aliphatic rings. The summed E-state index contributed by atoms with van der Waals surface area (Å²) in [6.45, 7) is 0.473. The molecule has 0 aliphatic heterocycles. The Balaban J connectivity index is 1.38. The monoisotopic (exact) mass is 500 g/mol. The predicted octanol–water partition coefficient (Wildman–Crippen LogP) is 4.69. The third-order valence-corrected chi connectivity index (χ3v) is 5.47. The molecule has 0 spiro atoms. The normalized spacial score (nSPS) is 10.4. The number of ether oxygens (including phenoxy) is 3. The van der Waals surface area contributed by atoms with Crippen molar-refractivity contribution in [3.8, 4) is 17.2 Å². The number of hydrogen-bond acceptors (Lipinski definition) is 9. The quantitative estimate of drug-likeness (QED) is 0.229. The Morgan fingerprint density at radius 3 is 2.27 bits per heavy atom. The second-order valence-corrected chi connectivity index (χ2v) is 7.90. The fourth-order valence-electron chi connectivity index (χ4n) is 3.58. The molecule has 0 saturated heterocycles. The van der Waals surface area contributed by atoms with Gasteiger partial charge in [0.05, 0.1) is 32.7 Å². The van der Waals surface area contributed by atoms with Crippen LogP contribution in [-0.2, 0) is 6.54 Å². The van der Waals surface area contributed by atoms with Crippen molar-refractivity contribution in [1.82, 2.24) is 9.97 Å². The van der Waals surface area contributed by atoms with Gasteiger partial charge >= 0.3 is 0 Å². The average Bonchev–Trinajstić information content (AvgIpc) is 2.93. The van der Waals surface area contributed by atoms with Crippen molar-refractivity contribution in [3.05, 3.63) is 84.1 Å². The smallest absolute Gasteiger partial charge is 0.255 e. The maximum Gasteiger partial charge on any atom is 0.255 e. The van der Waals surface area contributed by atoms with Gasteiger partial charge in [0.15, 0.2) is 11.5 Å². The number of rotatable bonds is 10. The third kappa shape index (κ3) is 6.17. The van der Waals surface area contributed by atoms with E-state index in [-0.39, 0.29) is 5.91 Å². The molecule has 1 aromatic heterocycles. The van der Waals surface area contributed by atoms with E-state index in [1.807, 2.05) is 24.3 Å². The van der Waals surface area contributed by atoms with Crippen LogP contribution in [-0.4, -0.2) is 37.2 Å². The summed E-state index contributed by atoms with van der Waals surface area (Å²) < 4.78 is 16.2. The predicted molar refractivity (Wildman–Crippen MR) is 144 cm³/mol. The molecule has 4 rings (SSSR count). The molecule has 190 valence electrons. The van der Waals surface area contributed by atoms with Crippen molar-refractivity contribution in [2.45, 2.75) is 6.54 Å². The molecule has 0 radical (unpaired) electrons. The van der Waals surface area contributed by atoms with Crippen LogP contribution in [0.25, 0.3) is 0 Å². The first kappa shape index (κ1) is 25.1. The number of anilines is 5. The van der Waals surface area contributed by atoms with Crippen LogP contribution in [0.5, 0.6) is 17.2 Å². The van der Waals surface area contributed by atoms with Crippen molar-refractivity contribution in [2.75, 3.05) is 43.0 Å². The topological polar surface area (TPSA) is 133 Å². The van der Waals surface area contributed by atoms with Crippen molar-refractivity contribution >= 4 is 34.7 Å². The molecule has 1 heterocycles. The van der Waals surface area contributed by atoms with E-state index in [1.54, 1.807) is 70.0 Å². The first-order valence-corrected chi connectivity index (χ1v) is 11.4. The summed E-state index contributed by atoms with van der Waals surface area (Å²) in [6, 6.07) is 19.7. The molecule has 0 aliphatic carbocycles. The van der Waals surface area contributed by atoms with Crippen LogP contribution in [0.4, 0.5) is 28.8 Å². The average molecular weight is 501 g/mol. The summed E-state index contributed by atoms with van der Waals surface area (Å²) >= 11 is 0. The molecule has 4 aromatic rings. The molecule has 0 unspecified atom stereocenters. The van der Waals surface area contributed by atoms with Gasteiger partial charge in [0.1, 0.15) is 5.82 Å². The van der Waals surface area contributed by atoms with E-state index < -0.39 is 0 Å². The number of carbonyl (C=O) groups excluding carboxylic acids is 1. The first-order chi connectivity index (χ1) is 18.0. The van der Waals surface area contributed by atoms with Crippen LogP contribution < -0.4 is 35.9 Å². The van der Waals surface area contributed by atoms with Gasteiger partial charge < -0.3 is 35.9 Å². The number of nitrogens with one attached hydrogen (secondary N) is 3. The van der Waals surface area contributed by atoms with Crippen LogP contribution in [0.2, 0.25) is 0 Å². The minimum atomic E-state index is -0.230. The van der Waals surface area contributed by atoms with Gasteiger partial charge in [-0.3, -0.25) is 4.79 Å². The van der Waals surface area contributed by atoms with Crippen LogP contribution in [0.3, 0.4) is 0 Å². The SMILES string of the molecule is COc1cc(Nc2ccnc(NCc3ccc(C(=O)Nc4ccccc4N)cc3)n2)cc(OC)c1OC. The Morgan fingerprint density at radius 1 is 0.919 bits per heavy atom. The Labute approximate surface area is 214 Å². The second kappa shape index (κ2) is 11.6. The highest BCUT2D eigenvalue weighted by atomic mass is 16.5. The molecular formula is C27H28N6O4. The standard InChI is InChI=1S/C27H28N6O4/c1-35-22-14-19(15-23(36-2)25(22)37-3)31-24-12-13-29-27(33-24)30-16-17-8-10-18(11-9-17)26(34)32-21-7-5-4-6-20(21)28/h4-15H,16,28H2,1-3H3,(H,32,34)(H2,29,30,31,33). The number of nitrogens with zero attached hydrogens (tertiary/aromatic N) is 2. The van der Waals surface area contributed by atoms with Crippen LogP contribution >= 0.6 is 0 Å². The summed E-state index contributed by atoms with van der Waals surface area (Å²) in [7, 11) is 4.68. The molecule has 37 heavy (non-hydrogen) atoms. The first-order valence-electron chi connectivity index (χ1n) is 11.4. The lowest BCUT2D eigenvalue weighted by Crippen LogP contribution is -2.13. The summed E-state index contributed by atoms with van der Waals surface area (Å²) in [4.78, 5) is 21.3. The van der Waals surface area contributed by atoms with E-state index in [2.05, 4.69) is 25.9 Å². The number of carbonyl (C=O) groups is 1. The molecule has 0 atom stereocenters. The Kier molecular flexibility index (Phi) is 7.89. The lowest BCUT2D eigenvalue weighted by Gasteiger charge is -2.15. The van der Waals surface area contributed by atoms with E-state index in [0.29, 0.717) is 58.2 Å². The van der Waals surface area contributed by atoms with Gasteiger partial charge in [-0.2, -0.15) is 4.98 Å². The van der Waals surface area contributed by atoms with Crippen molar-refractivity contribution < 1.29 is 19.0 Å².